The molecule has 0 spiro atoms. The highest BCUT2D eigenvalue weighted by atomic mass is 32.2. The van der Waals surface area contributed by atoms with E-state index < -0.39 is 40.7 Å². The zero-order valence-electron chi connectivity index (χ0n) is 13.4. The van der Waals surface area contributed by atoms with E-state index in [9.17, 15) is 22.2 Å². The number of amides is 1. The van der Waals surface area contributed by atoms with Gasteiger partial charge in [-0.1, -0.05) is 12.1 Å². The topological polar surface area (TPSA) is 55.8 Å². The number of benzene rings is 1. The van der Waals surface area contributed by atoms with Crippen molar-refractivity contribution in [1.29, 1.82) is 0 Å². The van der Waals surface area contributed by atoms with Crippen LogP contribution in [0.1, 0.15) is 31.9 Å². The molecule has 1 aliphatic heterocycles. The first-order valence-corrected chi connectivity index (χ1v) is 8.24. The molecule has 1 amide bonds. The zero-order valence-corrected chi connectivity index (χ0v) is 14.2. The van der Waals surface area contributed by atoms with Crippen molar-refractivity contribution in [3.8, 4) is 0 Å². The number of hydrogen-bond donors (Lipinski definition) is 0. The van der Waals surface area contributed by atoms with Crippen molar-refractivity contribution in [3.63, 3.8) is 0 Å². The average molecular weight is 365 g/mol. The molecule has 1 saturated heterocycles. The minimum atomic E-state index is -4.40. The molecule has 2 atom stereocenters. The monoisotopic (exact) mass is 365 g/mol. The van der Waals surface area contributed by atoms with E-state index in [1.54, 1.807) is 20.8 Å². The number of rotatable bonds is 2. The Balaban J connectivity index is 2.10. The molecule has 5 nitrogen and oxygen atoms in total. The second-order valence-corrected chi connectivity index (χ2v) is 7.42. The van der Waals surface area contributed by atoms with E-state index >= 15 is 0 Å². The minimum absolute atomic E-state index is 0.0207. The van der Waals surface area contributed by atoms with Crippen molar-refractivity contribution < 1.29 is 31.1 Å². The van der Waals surface area contributed by atoms with Gasteiger partial charge in [0.15, 0.2) is 0 Å². The molecule has 0 aliphatic carbocycles. The van der Waals surface area contributed by atoms with Gasteiger partial charge in [-0.05, 0) is 44.9 Å². The Kier molecular flexibility index (Phi) is 5.24. The SMILES string of the molecule is CC(C)(C)OC(=O)N1[C@@H](Cc2ccc(C(F)(F)F)cc2)COS1=O. The quantitative estimate of drug-likeness (QED) is 0.805. The summed E-state index contributed by atoms with van der Waals surface area (Å²) in [7, 11) is 0. The number of ether oxygens (including phenoxy) is 1. The summed E-state index contributed by atoms with van der Waals surface area (Å²) in [5.41, 5.74) is -0.937. The molecule has 9 heteroatoms. The predicted molar refractivity (Wildman–Crippen MR) is 81.1 cm³/mol. The summed E-state index contributed by atoms with van der Waals surface area (Å²) in [6, 6.07) is 4.03. The van der Waals surface area contributed by atoms with Crippen LogP contribution in [0.15, 0.2) is 24.3 Å². The Morgan fingerprint density at radius 2 is 1.88 bits per heavy atom. The molecule has 2 rings (SSSR count). The van der Waals surface area contributed by atoms with E-state index in [2.05, 4.69) is 0 Å². The molecule has 134 valence electrons. The number of halogens is 3. The van der Waals surface area contributed by atoms with E-state index in [1.165, 1.54) is 12.1 Å². The first kappa shape index (κ1) is 18.7. The zero-order chi connectivity index (χ0) is 18.1. The van der Waals surface area contributed by atoms with Gasteiger partial charge in [0.25, 0.3) is 11.3 Å². The van der Waals surface area contributed by atoms with Crippen LogP contribution < -0.4 is 0 Å². The van der Waals surface area contributed by atoms with Crippen molar-refractivity contribution in [2.24, 2.45) is 0 Å². The Labute approximate surface area is 140 Å². The molecule has 0 N–H and O–H groups in total. The number of carbonyl (C=O) groups excluding carboxylic acids is 1. The normalized spacial score (nSPS) is 21.8. The second-order valence-electron chi connectivity index (χ2n) is 6.36. The van der Waals surface area contributed by atoms with Crippen molar-refractivity contribution in [2.75, 3.05) is 6.61 Å². The Hall–Kier alpha value is -1.61. The molecule has 0 saturated carbocycles. The van der Waals surface area contributed by atoms with Gasteiger partial charge >= 0.3 is 12.3 Å². The molecule has 0 radical (unpaired) electrons. The molecule has 1 fully saturated rings. The van der Waals surface area contributed by atoms with E-state index in [0.717, 1.165) is 16.4 Å². The average Bonchev–Trinajstić information content (AvgIpc) is 2.77. The van der Waals surface area contributed by atoms with Gasteiger partial charge in [0.1, 0.15) is 5.60 Å². The van der Waals surface area contributed by atoms with Gasteiger partial charge in [0.2, 0.25) is 0 Å². The summed E-state index contributed by atoms with van der Waals surface area (Å²) < 4.78 is 60.7. The van der Waals surface area contributed by atoms with Gasteiger partial charge in [0.05, 0.1) is 18.2 Å². The number of alkyl halides is 3. The van der Waals surface area contributed by atoms with Gasteiger partial charge in [-0.15, -0.1) is 0 Å². The van der Waals surface area contributed by atoms with E-state index in [1.807, 2.05) is 0 Å². The lowest BCUT2D eigenvalue weighted by Gasteiger charge is -2.25. The first-order chi connectivity index (χ1) is 11.0. The summed E-state index contributed by atoms with van der Waals surface area (Å²) in [6.45, 7) is 5.05. The molecule has 1 aromatic rings. The standard InChI is InChI=1S/C15H18F3NO4S/c1-14(2,3)23-13(20)19-12(9-22-24(19)21)8-10-4-6-11(7-5-10)15(16,17)18/h4-7,12H,8-9H2,1-3H3/t12-,24?/m0/s1. The van der Waals surface area contributed by atoms with Crippen LogP contribution in [0.25, 0.3) is 0 Å². The van der Waals surface area contributed by atoms with Crippen LogP contribution in [0.5, 0.6) is 0 Å². The largest absolute Gasteiger partial charge is 0.443 e. The molecule has 1 unspecified atom stereocenters. The lowest BCUT2D eigenvalue weighted by Crippen LogP contribution is -2.41. The van der Waals surface area contributed by atoms with E-state index in [-0.39, 0.29) is 13.0 Å². The third-order valence-corrected chi connectivity index (χ3v) is 4.29. The van der Waals surface area contributed by atoms with E-state index in [0.29, 0.717) is 5.56 Å². The second kappa shape index (κ2) is 6.72. The van der Waals surface area contributed by atoms with Crippen LogP contribution in [-0.4, -0.2) is 32.9 Å². The van der Waals surface area contributed by atoms with Crippen molar-refractivity contribution >= 4 is 17.4 Å². The summed E-state index contributed by atoms with van der Waals surface area (Å²) in [5.74, 6) is 0. The third-order valence-electron chi connectivity index (χ3n) is 3.18. The summed E-state index contributed by atoms with van der Waals surface area (Å²) >= 11 is -1.97. The van der Waals surface area contributed by atoms with Gasteiger partial charge in [-0.3, -0.25) is 4.18 Å². The molecular formula is C15H18F3NO4S. The fourth-order valence-electron chi connectivity index (χ4n) is 2.14. The molecule has 1 aromatic carbocycles. The molecule has 1 heterocycles. The highest BCUT2D eigenvalue weighted by molar-refractivity contribution is 7.78. The highest BCUT2D eigenvalue weighted by Crippen LogP contribution is 2.30. The van der Waals surface area contributed by atoms with Crippen LogP contribution in [0.3, 0.4) is 0 Å². The van der Waals surface area contributed by atoms with E-state index in [4.69, 9.17) is 8.92 Å². The number of carbonyl (C=O) groups is 1. The number of hydrogen-bond acceptors (Lipinski definition) is 4. The fraction of sp³-hybridized carbons (Fsp3) is 0.533. The highest BCUT2D eigenvalue weighted by Gasteiger charge is 2.39. The maximum absolute atomic E-state index is 12.6. The smallest absolute Gasteiger partial charge is 0.424 e. The van der Waals surface area contributed by atoms with Gasteiger partial charge in [0, 0.05) is 0 Å². The summed E-state index contributed by atoms with van der Waals surface area (Å²) in [4.78, 5) is 12.1. The van der Waals surface area contributed by atoms with Gasteiger partial charge in [-0.2, -0.15) is 17.5 Å². The van der Waals surface area contributed by atoms with Crippen LogP contribution in [-0.2, 0) is 32.8 Å². The Bertz CT molecular complexity index is 625. The Morgan fingerprint density at radius 3 is 2.38 bits per heavy atom. The summed E-state index contributed by atoms with van der Waals surface area (Å²) in [5, 5.41) is 0. The predicted octanol–water partition coefficient (Wildman–Crippen LogP) is 3.46. The molecule has 24 heavy (non-hydrogen) atoms. The fourth-order valence-corrected chi connectivity index (χ4v) is 3.07. The minimum Gasteiger partial charge on any atom is -0.443 e. The number of nitrogens with zero attached hydrogens (tertiary/aromatic N) is 1. The van der Waals surface area contributed by atoms with Crippen LogP contribution in [0.2, 0.25) is 0 Å². The van der Waals surface area contributed by atoms with Crippen LogP contribution in [0, 0.1) is 0 Å². The summed E-state index contributed by atoms with van der Waals surface area (Å²) in [6.07, 6.45) is -4.97. The maximum Gasteiger partial charge on any atom is 0.424 e. The first-order valence-electron chi connectivity index (χ1n) is 7.21. The molecule has 1 aliphatic rings. The van der Waals surface area contributed by atoms with Crippen LogP contribution >= 0.6 is 0 Å². The van der Waals surface area contributed by atoms with Crippen molar-refractivity contribution in [3.05, 3.63) is 35.4 Å². The molecule has 0 bridgehead atoms. The lowest BCUT2D eigenvalue weighted by atomic mass is 10.0. The van der Waals surface area contributed by atoms with Crippen molar-refractivity contribution in [2.45, 2.75) is 45.0 Å². The van der Waals surface area contributed by atoms with Gasteiger partial charge in [-0.25, -0.2) is 9.00 Å². The van der Waals surface area contributed by atoms with Crippen molar-refractivity contribution in [1.82, 2.24) is 4.31 Å². The lowest BCUT2D eigenvalue weighted by molar-refractivity contribution is -0.137. The van der Waals surface area contributed by atoms with Crippen LogP contribution in [0.4, 0.5) is 18.0 Å². The molecular weight excluding hydrogens is 347 g/mol. The molecule has 0 aromatic heterocycles. The maximum atomic E-state index is 12.6. The third kappa shape index (κ3) is 4.70. The Morgan fingerprint density at radius 1 is 1.29 bits per heavy atom. The van der Waals surface area contributed by atoms with Gasteiger partial charge < -0.3 is 4.74 Å².